The van der Waals surface area contributed by atoms with Gasteiger partial charge in [-0.2, -0.15) is 0 Å². The van der Waals surface area contributed by atoms with Gasteiger partial charge in [0.1, 0.15) is 0 Å². The quantitative estimate of drug-likeness (QED) is 0.818. The molecule has 0 spiro atoms. The third-order valence-corrected chi connectivity index (χ3v) is 4.78. The Morgan fingerprint density at radius 2 is 2.12 bits per heavy atom. The van der Waals surface area contributed by atoms with Crippen molar-refractivity contribution in [3.05, 3.63) is 59.9 Å². The standard InChI is InChI=1S/C21H27N3O/c1-17-7-6-12-24(16-17)20-13-19(14-22-15-20)21(25)23-11-5-10-18-8-3-2-4-9-18/h2-4,8-9,13-15,17H,5-7,10-12,16H2,1H3,(H,23,25). The summed E-state index contributed by atoms with van der Waals surface area (Å²) < 4.78 is 0. The molecular weight excluding hydrogens is 310 g/mol. The lowest BCUT2D eigenvalue weighted by atomic mass is 10.00. The molecule has 1 N–H and O–H groups in total. The van der Waals surface area contributed by atoms with Crippen molar-refractivity contribution in [2.75, 3.05) is 24.5 Å². The smallest absolute Gasteiger partial charge is 0.252 e. The monoisotopic (exact) mass is 337 g/mol. The van der Waals surface area contributed by atoms with E-state index in [1.165, 1.54) is 18.4 Å². The van der Waals surface area contributed by atoms with Crippen LogP contribution in [-0.4, -0.2) is 30.5 Å². The number of benzene rings is 1. The number of carbonyl (C=O) groups is 1. The van der Waals surface area contributed by atoms with E-state index < -0.39 is 0 Å². The Labute approximate surface area is 150 Å². The number of anilines is 1. The molecule has 1 saturated heterocycles. The molecular formula is C21H27N3O. The highest BCUT2D eigenvalue weighted by molar-refractivity contribution is 5.94. The Balaban J connectivity index is 1.51. The van der Waals surface area contributed by atoms with Crippen LogP contribution in [0.3, 0.4) is 0 Å². The number of pyridine rings is 1. The van der Waals surface area contributed by atoms with Gasteiger partial charge in [0.15, 0.2) is 0 Å². The second kappa shape index (κ2) is 8.65. The molecule has 1 aromatic carbocycles. The minimum Gasteiger partial charge on any atom is -0.370 e. The van der Waals surface area contributed by atoms with Crippen molar-refractivity contribution in [2.24, 2.45) is 5.92 Å². The minimum atomic E-state index is -0.0348. The summed E-state index contributed by atoms with van der Waals surface area (Å²) in [4.78, 5) is 19.0. The van der Waals surface area contributed by atoms with Crippen molar-refractivity contribution in [2.45, 2.75) is 32.6 Å². The molecule has 0 aliphatic carbocycles. The summed E-state index contributed by atoms with van der Waals surface area (Å²) in [6, 6.07) is 12.3. The summed E-state index contributed by atoms with van der Waals surface area (Å²) in [5.74, 6) is 0.664. The van der Waals surface area contributed by atoms with Gasteiger partial charge in [-0.15, -0.1) is 0 Å². The summed E-state index contributed by atoms with van der Waals surface area (Å²) in [5.41, 5.74) is 3.01. The van der Waals surface area contributed by atoms with Gasteiger partial charge in [-0.3, -0.25) is 9.78 Å². The van der Waals surface area contributed by atoms with Gasteiger partial charge in [0.2, 0.25) is 0 Å². The highest BCUT2D eigenvalue weighted by Gasteiger charge is 2.18. The maximum absolute atomic E-state index is 12.4. The maximum Gasteiger partial charge on any atom is 0.252 e. The largest absolute Gasteiger partial charge is 0.370 e. The fourth-order valence-corrected chi connectivity index (χ4v) is 3.39. The highest BCUT2D eigenvalue weighted by Crippen LogP contribution is 2.22. The van der Waals surface area contributed by atoms with Crippen molar-refractivity contribution >= 4 is 11.6 Å². The average molecular weight is 337 g/mol. The molecule has 3 rings (SSSR count). The molecule has 2 aromatic rings. The van der Waals surface area contributed by atoms with E-state index in [9.17, 15) is 4.79 Å². The molecule has 0 bridgehead atoms. The Morgan fingerprint density at radius 1 is 1.28 bits per heavy atom. The number of carbonyl (C=O) groups excluding carboxylic acids is 1. The van der Waals surface area contributed by atoms with Crippen LogP contribution in [0.5, 0.6) is 0 Å². The predicted octanol–water partition coefficient (Wildman–Crippen LogP) is 3.68. The van der Waals surface area contributed by atoms with E-state index in [1.807, 2.05) is 30.5 Å². The van der Waals surface area contributed by atoms with Crippen LogP contribution in [-0.2, 0) is 6.42 Å². The van der Waals surface area contributed by atoms with E-state index in [0.29, 0.717) is 18.0 Å². The Kier molecular flexibility index (Phi) is 6.04. The molecule has 4 nitrogen and oxygen atoms in total. The topological polar surface area (TPSA) is 45.2 Å². The zero-order valence-corrected chi connectivity index (χ0v) is 14.9. The van der Waals surface area contributed by atoms with Gasteiger partial charge in [-0.25, -0.2) is 0 Å². The molecule has 4 heteroatoms. The van der Waals surface area contributed by atoms with Gasteiger partial charge < -0.3 is 10.2 Å². The van der Waals surface area contributed by atoms with Crippen LogP contribution < -0.4 is 10.2 Å². The van der Waals surface area contributed by atoms with Crippen LogP contribution in [0.4, 0.5) is 5.69 Å². The molecule has 1 fully saturated rings. The number of aromatic nitrogens is 1. The zero-order chi connectivity index (χ0) is 17.5. The van der Waals surface area contributed by atoms with Crippen molar-refractivity contribution in [1.29, 1.82) is 0 Å². The van der Waals surface area contributed by atoms with Crippen LogP contribution in [0.1, 0.15) is 42.1 Å². The Bertz CT molecular complexity index is 687. The number of nitrogens with one attached hydrogen (secondary N) is 1. The van der Waals surface area contributed by atoms with Crippen LogP contribution in [0.2, 0.25) is 0 Å². The van der Waals surface area contributed by atoms with Crippen molar-refractivity contribution in [3.8, 4) is 0 Å². The fraction of sp³-hybridized carbons (Fsp3) is 0.429. The maximum atomic E-state index is 12.4. The van der Waals surface area contributed by atoms with Gasteiger partial charge in [0, 0.05) is 25.8 Å². The molecule has 132 valence electrons. The first-order valence-electron chi connectivity index (χ1n) is 9.24. The summed E-state index contributed by atoms with van der Waals surface area (Å²) in [6.45, 7) is 5.06. The molecule has 1 aliphatic rings. The molecule has 0 saturated carbocycles. The van der Waals surface area contributed by atoms with Crippen LogP contribution >= 0.6 is 0 Å². The Morgan fingerprint density at radius 3 is 2.92 bits per heavy atom. The van der Waals surface area contributed by atoms with Gasteiger partial charge >= 0.3 is 0 Å². The zero-order valence-electron chi connectivity index (χ0n) is 14.9. The average Bonchev–Trinajstić information content (AvgIpc) is 2.66. The molecule has 1 aliphatic heterocycles. The SMILES string of the molecule is CC1CCCN(c2cncc(C(=O)NCCCc3ccccc3)c2)C1. The lowest BCUT2D eigenvalue weighted by Gasteiger charge is -2.32. The van der Waals surface area contributed by atoms with Gasteiger partial charge in [0.05, 0.1) is 17.4 Å². The molecule has 1 unspecified atom stereocenters. The first-order chi connectivity index (χ1) is 12.2. The third kappa shape index (κ3) is 5.05. The number of nitrogens with zero attached hydrogens (tertiary/aromatic N) is 2. The number of rotatable bonds is 6. The van der Waals surface area contributed by atoms with E-state index in [1.54, 1.807) is 6.20 Å². The number of hydrogen-bond acceptors (Lipinski definition) is 3. The molecule has 1 atom stereocenters. The molecule has 1 amide bonds. The van der Waals surface area contributed by atoms with E-state index in [0.717, 1.165) is 31.6 Å². The first kappa shape index (κ1) is 17.5. The second-order valence-electron chi connectivity index (χ2n) is 6.97. The van der Waals surface area contributed by atoms with Crippen molar-refractivity contribution < 1.29 is 4.79 Å². The van der Waals surface area contributed by atoms with E-state index in [-0.39, 0.29) is 5.91 Å². The van der Waals surface area contributed by atoms with Gasteiger partial charge in [0.25, 0.3) is 5.91 Å². The highest BCUT2D eigenvalue weighted by atomic mass is 16.1. The number of piperidine rings is 1. The summed E-state index contributed by atoms with van der Waals surface area (Å²) in [6.07, 6.45) is 7.92. The fourth-order valence-electron chi connectivity index (χ4n) is 3.39. The van der Waals surface area contributed by atoms with Gasteiger partial charge in [-0.1, -0.05) is 37.3 Å². The molecule has 1 aromatic heterocycles. The van der Waals surface area contributed by atoms with Crippen molar-refractivity contribution in [3.63, 3.8) is 0 Å². The molecule has 2 heterocycles. The number of hydrogen-bond donors (Lipinski definition) is 1. The van der Waals surface area contributed by atoms with Gasteiger partial charge in [-0.05, 0) is 43.2 Å². The summed E-state index contributed by atoms with van der Waals surface area (Å²) in [5, 5.41) is 3.01. The predicted molar refractivity (Wildman–Crippen MR) is 102 cm³/mol. The van der Waals surface area contributed by atoms with Crippen LogP contribution in [0.25, 0.3) is 0 Å². The summed E-state index contributed by atoms with van der Waals surface area (Å²) >= 11 is 0. The van der Waals surface area contributed by atoms with Crippen LogP contribution in [0, 0.1) is 5.92 Å². The Hall–Kier alpha value is -2.36. The van der Waals surface area contributed by atoms with E-state index in [2.05, 4.69) is 34.3 Å². The number of aryl methyl sites for hydroxylation is 1. The van der Waals surface area contributed by atoms with E-state index >= 15 is 0 Å². The third-order valence-electron chi connectivity index (χ3n) is 4.78. The lowest BCUT2D eigenvalue weighted by molar-refractivity contribution is 0.0953. The van der Waals surface area contributed by atoms with Crippen molar-refractivity contribution in [1.82, 2.24) is 10.3 Å². The normalized spacial score (nSPS) is 17.3. The molecule has 25 heavy (non-hydrogen) atoms. The molecule has 0 radical (unpaired) electrons. The van der Waals surface area contributed by atoms with E-state index in [4.69, 9.17) is 0 Å². The summed E-state index contributed by atoms with van der Waals surface area (Å²) in [7, 11) is 0. The van der Waals surface area contributed by atoms with Crippen LogP contribution in [0.15, 0.2) is 48.8 Å². The second-order valence-corrected chi connectivity index (χ2v) is 6.97. The number of amides is 1. The minimum absolute atomic E-state index is 0.0348. The first-order valence-corrected chi connectivity index (χ1v) is 9.24. The lowest BCUT2D eigenvalue weighted by Crippen LogP contribution is -2.34.